The molecule has 0 saturated carbocycles. The molecule has 1 aromatic rings. The Morgan fingerprint density at radius 2 is 2.25 bits per heavy atom. The number of ether oxygens (including phenoxy) is 3. The average molecular weight is 363 g/mol. The Kier molecular flexibility index (Phi) is 5.98. The Labute approximate surface area is 131 Å². The first-order valence-electron chi connectivity index (χ1n) is 6.28. The lowest BCUT2D eigenvalue weighted by molar-refractivity contribution is 0.0461. The van der Waals surface area contributed by atoms with Gasteiger partial charge >= 0.3 is 0 Å². The molecule has 1 heterocycles. The highest BCUT2D eigenvalue weighted by molar-refractivity contribution is 9.10. The lowest BCUT2D eigenvalue weighted by Crippen LogP contribution is -2.41. The minimum Gasteiger partial charge on any atom is -0.495 e. The maximum absolute atomic E-state index is 5.82. The van der Waals surface area contributed by atoms with Crippen LogP contribution in [0.5, 0.6) is 11.5 Å². The van der Waals surface area contributed by atoms with Gasteiger partial charge in [0.2, 0.25) is 0 Å². The fourth-order valence-electron chi connectivity index (χ4n) is 2.26. The van der Waals surface area contributed by atoms with Gasteiger partial charge in [0, 0.05) is 17.1 Å². The maximum atomic E-state index is 5.82. The molecule has 2 rings (SSSR count). The van der Waals surface area contributed by atoms with Crippen LogP contribution in [0.1, 0.15) is 11.6 Å². The second kappa shape index (κ2) is 7.51. The molecular weight excluding hydrogens is 344 g/mol. The quantitative estimate of drug-likeness (QED) is 0.617. The van der Waals surface area contributed by atoms with Crippen molar-refractivity contribution in [2.24, 2.45) is 5.84 Å². The van der Waals surface area contributed by atoms with Crippen molar-refractivity contribution < 1.29 is 14.2 Å². The van der Waals surface area contributed by atoms with Crippen LogP contribution in [0.4, 0.5) is 0 Å². The Morgan fingerprint density at radius 3 is 2.80 bits per heavy atom. The van der Waals surface area contributed by atoms with E-state index in [0.29, 0.717) is 5.75 Å². The van der Waals surface area contributed by atoms with Crippen LogP contribution in [0.2, 0.25) is 0 Å². The first-order chi connectivity index (χ1) is 9.72. The summed E-state index contributed by atoms with van der Waals surface area (Å²) in [4.78, 5) is 0. The van der Waals surface area contributed by atoms with Gasteiger partial charge in [-0.15, -0.1) is 0 Å². The summed E-state index contributed by atoms with van der Waals surface area (Å²) in [6.45, 7) is 0.743. The summed E-state index contributed by atoms with van der Waals surface area (Å²) < 4.78 is 17.4. The van der Waals surface area contributed by atoms with Crippen LogP contribution in [0.15, 0.2) is 16.6 Å². The van der Waals surface area contributed by atoms with Crippen LogP contribution in [0.3, 0.4) is 0 Å². The summed E-state index contributed by atoms with van der Waals surface area (Å²) in [6, 6.07) is 3.72. The van der Waals surface area contributed by atoms with E-state index >= 15 is 0 Å². The van der Waals surface area contributed by atoms with E-state index in [-0.39, 0.29) is 12.1 Å². The molecule has 1 aromatic carbocycles. The van der Waals surface area contributed by atoms with E-state index in [1.807, 2.05) is 23.9 Å². The lowest BCUT2D eigenvalue weighted by atomic mass is 10.0. The van der Waals surface area contributed by atoms with Crippen LogP contribution in [0, 0.1) is 0 Å². The average Bonchev–Trinajstić information content (AvgIpc) is 2.49. The zero-order chi connectivity index (χ0) is 14.5. The number of hydrogen-bond acceptors (Lipinski definition) is 6. The first kappa shape index (κ1) is 15.9. The molecule has 20 heavy (non-hydrogen) atoms. The second-order valence-corrected chi connectivity index (χ2v) is 6.28. The molecule has 0 spiro atoms. The van der Waals surface area contributed by atoms with E-state index in [4.69, 9.17) is 20.1 Å². The van der Waals surface area contributed by atoms with Gasteiger partial charge in [-0.25, -0.2) is 0 Å². The highest BCUT2D eigenvalue weighted by Gasteiger charge is 2.29. The molecule has 112 valence electrons. The third-order valence-electron chi connectivity index (χ3n) is 3.24. The largest absolute Gasteiger partial charge is 0.495 e. The summed E-state index contributed by atoms with van der Waals surface area (Å²) in [5.41, 5.74) is 3.80. The van der Waals surface area contributed by atoms with Crippen molar-refractivity contribution in [2.75, 3.05) is 32.3 Å². The fourth-order valence-corrected chi connectivity index (χ4v) is 3.85. The standard InChI is InChI=1S/C13H19BrN2O3S/c1-17-9-4-3-8(13(18-2)11(9)14)12(16-15)10-7-20-6-5-19-10/h3-4,10,12,16H,5-7,15H2,1-2H3. The number of nitrogens with one attached hydrogen (secondary N) is 1. The van der Waals surface area contributed by atoms with E-state index in [1.54, 1.807) is 14.2 Å². The Morgan fingerprint density at radius 1 is 1.45 bits per heavy atom. The molecule has 2 atom stereocenters. The van der Waals surface area contributed by atoms with Crippen molar-refractivity contribution >= 4 is 27.7 Å². The number of methoxy groups -OCH3 is 2. The van der Waals surface area contributed by atoms with Gasteiger partial charge in [0.1, 0.15) is 16.0 Å². The summed E-state index contributed by atoms with van der Waals surface area (Å²) in [5.74, 6) is 9.10. The molecule has 1 aliphatic rings. The van der Waals surface area contributed by atoms with Gasteiger partial charge < -0.3 is 14.2 Å². The monoisotopic (exact) mass is 362 g/mol. The number of hydrazine groups is 1. The third-order valence-corrected chi connectivity index (χ3v) is 5.01. The van der Waals surface area contributed by atoms with Gasteiger partial charge in [-0.3, -0.25) is 11.3 Å². The normalized spacial score (nSPS) is 20.5. The van der Waals surface area contributed by atoms with Gasteiger partial charge in [-0.1, -0.05) is 0 Å². The van der Waals surface area contributed by atoms with E-state index < -0.39 is 0 Å². The third kappa shape index (κ3) is 3.23. The summed E-state index contributed by atoms with van der Waals surface area (Å²) in [7, 11) is 3.26. The lowest BCUT2D eigenvalue weighted by Gasteiger charge is -2.31. The summed E-state index contributed by atoms with van der Waals surface area (Å²) >= 11 is 5.38. The molecule has 0 radical (unpaired) electrons. The Hall–Kier alpha value is -0.470. The van der Waals surface area contributed by atoms with Crippen molar-refractivity contribution in [3.63, 3.8) is 0 Å². The number of nitrogens with two attached hydrogens (primary N) is 1. The molecular formula is C13H19BrN2O3S. The summed E-state index contributed by atoms with van der Waals surface area (Å²) in [5, 5.41) is 0. The smallest absolute Gasteiger partial charge is 0.141 e. The molecule has 0 bridgehead atoms. The van der Waals surface area contributed by atoms with Crippen molar-refractivity contribution in [3.05, 3.63) is 22.2 Å². The van der Waals surface area contributed by atoms with Crippen LogP contribution < -0.4 is 20.7 Å². The van der Waals surface area contributed by atoms with Crippen LogP contribution in [-0.4, -0.2) is 38.4 Å². The molecule has 1 aliphatic heterocycles. The zero-order valence-corrected chi connectivity index (χ0v) is 13.9. The van der Waals surface area contributed by atoms with E-state index in [1.165, 1.54) is 0 Å². The second-order valence-electron chi connectivity index (χ2n) is 4.33. The van der Waals surface area contributed by atoms with Gasteiger partial charge in [0.05, 0.1) is 33.0 Å². The number of thioether (sulfide) groups is 1. The van der Waals surface area contributed by atoms with Crippen LogP contribution >= 0.6 is 27.7 Å². The fraction of sp³-hybridized carbons (Fsp3) is 0.538. The van der Waals surface area contributed by atoms with Crippen molar-refractivity contribution in [1.82, 2.24) is 5.43 Å². The number of halogens is 1. The van der Waals surface area contributed by atoms with Gasteiger partial charge in [-0.05, 0) is 28.1 Å². The molecule has 7 heteroatoms. The topological polar surface area (TPSA) is 65.7 Å². The minimum atomic E-state index is -0.125. The molecule has 0 amide bonds. The van der Waals surface area contributed by atoms with Crippen LogP contribution in [-0.2, 0) is 4.74 Å². The molecule has 1 fully saturated rings. The molecule has 2 unspecified atom stereocenters. The summed E-state index contributed by atoms with van der Waals surface area (Å²) in [6.07, 6.45) is 0.0212. The molecule has 3 N–H and O–H groups in total. The highest BCUT2D eigenvalue weighted by atomic mass is 79.9. The van der Waals surface area contributed by atoms with E-state index in [2.05, 4.69) is 21.4 Å². The SMILES string of the molecule is COc1ccc(C(NN)C2CSCCO2)c(OC)c1Br. The Balaban J connectivity index is 2.35. The van der Waals surface area contributed by atoms with E-state index in [0.717, 1.165) is 33.9 Å². The van der Waals surface area contributed by atoms with Crippen molar-refractivity contribution in [2.45, 2.75) is 12.1 Å². The number of rotatable bonds is 5. The van der Waals surface area contributed by atoms with E-state index in [9.17, 15) is 0 Å². The van der Waals surface area contributed by atoms with Crippen molar-refractivity contribution in [1.29, 1.82) is 0 Å². The molecule has 5 nitrogen and oxygen atoms in total. The highest BCUT2D eigenvalue weighted by Crippen LogP contribution is 2.41. The first-order valence-corrected chi connectivity index (χ1v) is 8.23. The number of hydrogen-bond donors (Lipinski definition) is 2. The zero-order valence-electron chi connectivity index (χ0n) is 11.5. The molecule has 0 aliphatic carbocycles. The van der Waals surface area contributed by atoms with Crippen molar-refractivity contribution in [3.8, 4) is 11.5 Å². The Bertz CT molecular complexity index is 455. The molecule has 1 saturated heterocycles. The van der Waals surface area contributed by atoms with Crippen LogP contribution in [0.25, 0.3) is 0 Å². The predicted octanol–water partition coefficient (Wildman–Crippen LogP) is 2.10. The number of benzene rings is 1. The molecule has 0 aromatic heterocycles. The minimum absolute atomic E-state index is 0.0212. The predicted molar refractivity (Wildman–Crippen MR) is 84.4 cm³/mol. The van der Waals surface area contributed by atoms with Gasteiger partial charge in [0.15, 0.2) is 0 Å². The van der Waals surface area contributed by atoms with Gasteiger partial charge in [0.25, 0.3) is 0 Å². The maximum Gasteiger partial charge on any atom is 0.141 e. The van der Waals surface area contributed by atoms with Gasteiger partial charge in [-0.2, -0.15) is 11.8 Å².